The van der Waals surface area contributed by atoms with Crippen LogP contribution in [0.4, 0.5) is 0 Å². The lowest BCUT2D eigenvalue weighted by Crippen LogP contribution is -1.90. The van der Waals surface area contributed by atoms with E-state index in [-0.39, 0.29) is 0 Å². The number of hydrogen-bond donors (Lipinski definition) is 0. The fourth-order valence-electron chi connectivity index (χ4n) is 1.34. The van der Waals surface area contributed by atoms with E-state index in [0.717, 1.165) is 0 Å². The molecule has 0 N–H and O–H groups in total. The van der Waals surface area contributed by atoms with Crippen LogP contribution in [0.15, 0.2) is 46.7 Å². The van der Waals surface area contributed by atoms with E-state index in [9.17, 15) is 0 Å². The molecule has 0 unspecified atom stereocenters. The van der Waals surface area contributed by atoms with E-state index in [4.69, 9.17) is 0 Å². The van der Waals surface area contributed by atoms with Crippen LogP contribution in [0.5, 0.6) is 0 Å². The quantitative estimate of drug-likeness (QED) is 0.743. The fraction of sp³-hybridized carbons (Fsp3) is 0.231. The number of benzene rings is 1. The van der Waals surface area contributed by atoms with Crippen molar-refractivity contribution in [1.82, 2.24) is 0 Å². The molecule has 1 saturated heterocycles. The van der Waals surface area contributed by atoms with Crippen LogP contribution in [0.3, 0.4) is 0 Å². The van der Waals surface area contributed by atoms with E-state index in [1.807, 2.05) is 29.6 Å². The Morgan fingerprint density at radius 1 is 1.00 bits per heavy atom. The molecule has 0 radical (unpaired) electrons. The molecule has 0 spiro atoms. The van der Waals surface area contributed by atoms with Gasteiger partial charge in [-0.25, -0.2) is 0 Å². The summed E-state index contributed by atoms with van der Waals surface area (Å²) in [4.78, 5) is 0. The molecule has 2 heteroatoms. The highest BCUT2D eigenvalue weighted by atomic mass is 32.2. The van der Waals surface area contributed by atoms with E-state index >= 15 is 0 Å². The van der Waals surface area contributed by atoms with Crippen molar-refractivity contribution in [1.29, 1.82) is 0 Å². The average Bonchev–Trinajstić information content (AvgIpc) is 2.32. The topological polar surface area (TPSA) is 0 Å². The van der Waals surface area contributed by atoms with Gasteiger partial charge in [0.1, 0.15) is 0 Å². The summed E-state index contributed by atoms with van der Waals surface area (Å²) in [5.41, 5.74) is 1.26. The van der Waals surface area contributed by atoms with Crippen molar-refractivity contribution in [3.8, 4) is 0 Å². The molecule has 0 atom stereocenters. The van der Waals surface area contributed by atoms with Crippen molar-refractivity contribution in [2.24, 2.45) is 0 Å². The third kappa shape index (κ3) is 3.80. The molecule has 0 amide bonds. The molecule has 0 aliphatic carbocycles. The Bertz CT molecular complexity index is 344. The second-order valence-corrected chi connectivity index (χ2v) is 5.84. The lowest BCUT2D eigenvalue weighted by Gasteiger charge is -2.10. The van der Waals surface area contributed by atoms with Crippen LogP contribution in [0.2, 0.25) is 0 Å². The number of hydrogen-bond acceptors (Lipinski definition) is 2. The first-order valence-corrected chi connectivity index (χ1v) is 7.11. The lowest BCUT2D eigenvalue weighted by atomic mass is 10.2. The first-order valence-electron chi connectivity index (χ1n) is 5.14. The zero-order chi connectivity index (χ0) is 10.3. The molecule has 0 aromatic heterocycles. The number of allylic oxidation sites excluding steroid dienone is 2. The smallest absolute Gasteiger partial charge is 0.0400 e. The van der Waals surface area contributed by atoms with Gasteiger partial charge in [0, 0.05) is 4.24 Å². The molecule has 1 aliphatic rings. The van der Waals surface area contributed by atoms with Crippen molar-refractivity contribution in [3.63, 3.8) is 0 Å². The maximum absolute atomic E-state index is 2.22. The van der Waals surface area contributed by atoms with Crippen molar-refractivity contribution < 1.29 is 0 Å². The third-order valence-electron chi connectivity index (χ3n) is 2.10. The molecule has 0 nitrogen and oxygen atoms in total. The monoisotopic (exact) mass is 234 g/mol. The summed E-state index contributed by atoms with van der Waals surface area (Å²) < 4.78 is 1.45. The van der Waals surface area contributed by atoms with Gasteiger partial charge in [0.2, 0.25) is 0 Å². The summed E-state index contributed by atoms with van der Waals surface area (Å²) in [6.07, 6.45) is 7.87. The molecule has 78 valence electrons. The second kappa shape index (κ2) is 6.09. The van der Waals surface area contributed by atoms with Gasteiger partial charge >= 0.3 is 0 Å². The molecule has 1 aliphatic heterocycles. The zero-order valence-corrected chi connectivity index (χ0v) is 10.2. The van der Waals surface area contributed by atoms with E-state index in [2.05, 4.69) is 42.5 Å². The summed E-state index contributed by atoms with van der Waals surface area (Å²) in [5.74, 6) is 2.55. The van der Waals surface area contributed by atoms with Gasteiger partial charge in [-0.3, -0.25) is 0 Å². The van der Waals surface area contributed by atoms with Gasteiger partial charge in [0.25, 0.3) is 0 Å². The van der Waals surface area contributed by atoms with E-state index in [1.165, 1.54) is 27.7 Å². The lowest BCUT2D eigenvalue weighted by molar-refractivity contribution is 1.12. The van der Waals surface area contributed by atoms with Crippen molar-refractivity contribution in [3.05, 3.63) is 52.3 Å². The standard InChI is InChI=1S/C13H14S2/c1-2-6-12(7-3-1)8-4-9-13-14-10-5-11-15-13/h1-4,6-9H,5,10-11H2. The van der Waals surface area contributed by atoms with Crippen LogP contribution in [0.1, 0.15) is 12.0 Å². The highest BCUT2D eigenvalue weighted by molar-refractivity contribution is 8.22. The van der Waals surface area contributed by atoms with Crippen LogP contribution in [-0.4, -0.2) is 11.5 Å². The van der Waals surface area contributed by atoms with Crippen molar-refractivity contribution >= 4 is 29.6 Å². The number of thioether (sulfide) groups is 2. The highest BCUT2D eigenvalue weighted by Gasteiger charge is 2.04. The molecule has 1 aromatic carbocycles. The van der Waals surface area contributed by atoms with Crippen LogP contribution in [0.25, 0.3) is 6.08 Å². The van der Waals surface area contributed by atoms with Crippen LogP contribution < -0.4 is 0 Å². The summed E-state index contributed by atoms with van der Waals surface area (Å²) in [7, 11) is 0. The predicted molar refractivity (Wildman–Crippen MR) is 73.1 cm³/mol. The molecule has 0 bridgehead atoms. The van der Waals surface area contributed by atoms with E-state index in [0.29, 0.717) is 0 Å². The fourth-order valence-corrected chi connectivity index (χ4v) is 3.69. The Morgan fingerprint density at radius 3 is 2.47 bits per heavy atom. The zero-order valence-electron chi connectivity index (χ0n) is 8.56. The third-order valence-corrected chi connectivity index (χ3v) is 4.63. The Labute approximate surface area is 99.8 Å². The summed E-state index contributed by atoms with van der Waals surface area (Å²) in [6.45, 7) is 0. The minimum atomic E-state index is 1.26. The molecular formula is C13H14S2. The molecule has 0 saturated carbocycles. The maximum atomic E-state index is 2.22. The summed E-state index contributed by atoms with van der Waals surface area (Å²) in [5, 5.41) is 0. The number of rotatable bonds is 2. The van der Waals surface area contributed by atoms with Gasteiger partial charge < -0.3 is 0 Å². The van der Waals surface area contributed by atoms with Crippen molar-refractivity contribution in [2.45, 2.75) is 6.42 Å². The summed E-state index contributed by atoms with van der Waals surface area (Å²) in [6, 6.07) is 10.4. The second-order valence-electron chi connectivity index (χ2n) is 3.31. The largest absolute Gasteiger partial charge is 0.119 e. The van der Waals surface area contributed by atoms with Gasteiger partial charge in [-0.05, 0) is 29.6 Å². The molecule has 1 aromatic rings. The van der Waals surface area contributed by atoms with Gasteiger partial charge in [0.15, 0.2) is 0 Å². The normalized spacial score (nSPS) is 16.9. The van der Waals surface area contributed by atoms with Gasteiger partial charge in [-0.1, -0.05) is 42.5 Å². The van der Waals surface area contributed by atoms with Crippen LogP contribution in [0, 0.1) is 0 Å². The van der Waals surface area contributed by atoms with Crippen LogP contribution >= 0.6 is 23.5 Å². The first-order chi connectivity index (χ1) is 7.45. The van der Waals surface area contributed by atoms with E-state index < -0.39 is 0 Å². The SMILES string of the molecule is C(=Cc1ccccc1)C=C1SCCCS1. The Balaban J connectivity index is 1.94. The predicted octanol–water partition coefficient (Wildman–Crippen LogP) is 4.41. The van der Waals surface area contributed by atoms with Crippen LogP contribution in [-0.2, 0) is 0 Å². The molecule has 1 fully saturated rings. The molecule has 1 heterocycles. The summed E-state index contributed by atoms with van der Waals surface area (Å²) >= 11 is 3.94. The molecular weight excluding hydrogens is 220 g/mol. The maximum Gasteiger partial charge on any atom is 0.0400 e. The van der Waals surface area contributed by atoms with E-state index in [1.54, 1.807) is 0 Å². The Morgan fingerprint density at radius 2 is 1.73 bits per heavy atom. The molecule has 15 heavy (non-hydrogen) atoms. The van der Waals surface area contributed by atoms with Gasteiger partial charge in [-0.2, -0.15) is 0 Å². The highest BCUT2D eigenvalue weighted by Crippen LogP contribution is 2.34. The Kier molecular flexibility index (Phi) is 4.42. The van der Waals surface area contributed by atoms with Gasteiger partial charge in [0.05, 0.1) is 0 Å². The van der Waals surface area contributed by atoms with Gasteiger partial charge in [-0.15, -0.1) is 23.5 Å². The Hall–Kier alpha value is -0.600. The average molecular weight is 234 g/mol. The minimum Gasteiger partial charge on any atom is -0.119 e. The minimum absolute atomic E-state index is 1.26. The first kappa shape index (κ1) is 10.9. The van der Waals surface area contributed by atoms with Crippen molar-refractivity contribution in [2.75, 3.05) is 11.5 Å². The molecule has 2 rings (SSSR count).